The summed E-state index contributed by atoms with van der Waals surface area (Å²) in [6.07, 6.45) is 7.35. The molecule has 0 amide bonds. The number of aromatic amines is 1. The van der Waals surface area contributed by atoms with Gasteiger partial charge < -0.3 is 0 Å². The van der Waals surface area contributed by atoms with Crippen molar-refractivity contribution >= 4 is 22.6 Å². The zero-order chi connectivity index (χ0) is 20.5. The van der Waals surface area contributed by atoms with Crippen LogP contribution in [0.4, 0.5) is 0 Å². The third-order valence-corrected chi connectivity index (χ3v) is 6.07. The van der Waals surface area contributed by atoms with Crippen LogP contribution in [0.2, 0.25) is 5.02 Å². The molecular weight excluding hydrogens is 398 g/mol. The van der Waals surface area contributed by atoms with E-state index < -0.39 is 0 Å². The molecule has 8 heteroatoms. The molecule has 1 fully saturated rings. The molecule has 0 spiro atoms. The number of fused-ring (bicyclic) bond motifs is 1. The van der Waals surface area contributed by atoms with Crippen molar-refractivity contribution in [3.8, 4) is 11.3 Å². The first-order valence-electron chi connectivity index (χ1n) is 10.1. The van der Waals surface area contributed by atoms with Crippen molar-refractivity contribution in [1.82, 2.24) is 35.0 Å². The Morgan fingerprint density at radius 1 is 1.17 bits per heavy atom. The summed E-state index contributed by atoms with van der Waals surface area (Å²) in [6.45, 7) is 4.76. The lowest BCUT2D eigenvalue weighted by Crippen LogP contribution is -2.33. The summed E-state index contributed by atoms with van der Waals surface area (Å²) >= 11 is 6.28. The number of halogens is 1. The quantitative estimate of drug-likeness (QED) is 0.535. The molecular formula is C22H22ClN7. The van der Waals surface area contributed by atoms with Crippen LogP contribution in [0.5, 0.6) is 0 Å². The van der Waals surface area contributed by atoms with Gasteiger partial charge in [-0.3, -0.25) is 15.0 Å². The van der Waals surface area contributed by atoms with E-state index in [2.05, 4.69) is 36.1 Å². The number of aryl methyl sites for hydroxylation is 1. The van der Waals surface area contributed by atoms with Gasteiger partial charge in [0.2, 0.25) is 0 Å². The van der Waals surface area contributed by atoms with Gasteiger partial charge in [0, 0.05) is 41.2 Å². The van der Waals surface area contributed by atoms with Gasteiger partial charge in [0.15, 0.2) is 5.65 Å². The first kappa shape index (κ1) is 19.1. The Morgan fingerprint density at radius 3 is 2.87 bits per heavy atom. The van der Waals surface area contributed by atoms with Crippen LogP contribution in [-0.4, -0.2) is 48.1 Å². The maximum absolute atomic E-state index is 6.28. The first-order chi connectivity index (χ1) is 14.7. The van der Waals surface area contributed by atoms with Crippen LogP contribution in [0.25, 0.3) is 22.3 Å². The molecule has 0 saturated carbocycles. The van der Waals surface area contributed by atoms with Crippen LogP contribution in [-0.2, 0) is 6.54 Å². The number of hydrogen-bond donors (Lipinski definition) is 1. The Labute approximate surface area is 179 Å². The second-order valence-corrected chi connectivity index (χ2v) is 8.12. The number of nitrogens with one attached hydrogen (secondary N) is 1. The van der Waals surface area contributed by atoms with Crippen molar-refractivity contribution in [3.05, 3.63) is 65.1 Å². The minimum atomic E-state index is 0.457. The third kappa shape index (κ3) is 3.78. The largest absolute Gasteiger partial charge is 0.296 e. The number of pyridine rings is 2. The molecule has 0 aliphatic carbocycles. The van der Waals surface area contributed by atoms with Gasteiger partial charge in [-0.05, 0) is 57.1 Å². The van der Waals surface area contributed by atoms with E-state index in [1.165, 1.54) is 0 Å². The Balaban J connectivity index is 1.25. The van der Waals surface area contributed by atoms with E-state index in [9.17, 15) is 0 Å². The van der Waals surface area contributed by atoms with Crippen LogP contribution >= 0.6 is 11.6 Å². The molecule has 30 heavy (non-hydrogen) atoms. The second kappa shape index (κ2) is 8.08. The molecule has 5 heterocycles. The minimum absolute atomic E-state index is 0.457. The molecule has 4 aromatic heterocycles. The highest BCUT2D eigenvalue weighted by atomic mass is 35.5. The van der Waals surface area contributed by atoms with Crippen LogP contribution in [0, 0.1) is 6.92 Å². The predicted molar refractivity (Wildman–Crippen MR) is 116 cm³/mol. The maximum Gasteiger partial charge on any atom is 0.163 e. The van der Waals surface area contributed by atoms with Gasteiger partial charge in [-0.2, -0.15) is 5.10 Å². The number of hydrogen-bond acceptors (Lipinski definition) is 6. The average molecular weight is 420 g/mol. The molecule has 1 saturated heterocycles. The highest BCUT2D eigenvalue weighted by Gasteiger charge is 2.23. The molecule has 1 aliphatic rings. The Bertz CT molecular complexity index is 1180. The lowest BCUT2D eigenvalue weighted by atomic mass is 9.93. The van der Waals surface area contributed by atoms with Crippen molar-refractivity contribution < 1.29 is 0 Å². The standard InChI is InChI=1S/C22H22ClN7/c1-14-16-3-2-7-25-22(16)27-21(26-14)13-30-9-5-15(6-10-30)19-11-20(29-28-19)17-12-24-8-4-18(17)23/h2-4,7-8,11-12,15H,5-6,9-10,13H2,1H3,(H,28,29). The SMILES string of the molecule is Cc1nc(CN2CCC(c3cc(-c4cnccc4Cl)n[nH]3)CC2)nc2ncccc12. The van der Waals surface area contributed by atoms with E-state index in [0.29, 0.717) is 10.9 Å². The van der Waals surface area contributed by atoms with E-state index >= 15 is 0 Å². The summed E-state index contributed by atoms with van der Waals surface area (Å²) in [5, 5.41) is 9.35. The normalized spacial score (nSPS) is 15.7. The molecule has 1 aliphatic heterocycles. The zero-order valence-electron chi connectivity index (χ0n) is 16.7. The fraction of sp³-hybridized carbons (Fsp3) is 0.318. The zero-order valence-corrected chi connectivity index (χ0v) is 17.5. The molecule has 5 rings (SSSR count). The molecule has 0 aromatic carbocycles. The monoisotopic (exact) mass is 419 g/mol. The maximum atomic E-state index is 6.28. The van der Waals surface area contributed by atoms with Crippen molar-refractivity contribution in [2.24, 2.45) is 0 Å². The average Bonchev–Trinajstić information content (AvgIpc) is 3.25. The Hall–Kier alpha value is -2.90. The number of nitrogens with zero attached hydrogens (tertiary/aromatic N) is 6. The lowest BCUT2D eigenvalue weighted by Gasteiger charge is -2.30. The van der Waals surface area contributed by atoms with Crippen LogP contribution in [0.3, 0.4) is 0 Å². The van der Waals surface area contributed by atoms with Gasteiger partial charge in [0.05, 0.1) is 23.0 Å². The van der Waals surface area contributed by atoms with Crippen molar-refractivity contribution in [2.75, 3.05) is 13.1 Å². The van der Waals surface area contributed by atoms with Gasteiger partial charge in [-0.1, -0.05) is 11.6 Å². The highest BCUT2D eigenvalue weighted by Crippen LogP contribution is 2.31. The van der Waals surface area contributed by atoms with E-state index in [1.54, 1.807) is 24.7 Å². The van der Waals surface area contributed by atoms with Crippen molar-refractivity contribution in [3.63, 3.8) is 0 Å². The summed E-state index contributed by atoms with van der Waals surface area (Å²) in [4.78, 5) is 20.3. The van der Waals surface area contributed by atoms with E-state index in [0.717, 1.165) is 72.0 Å². The van der Waals surface area contributed by atoms with Gasteiger partial charge >= 0.3 is 0 Å². The lowest BCUT2D eigenvalue weighted by molar-refractivity contribution is 0.199. The van der Waals surface area contributed by atoms with Gasteiger partial charge in [0.1, 0.15) is 5.82 Å². The number of H-pyrrole nitrogens is 1. The molecule has 0 unspecified atom stereocenters. The van der Waals surface area contributed by atoms with Crippen LogP contribution in [0.1, 0.15) is 36.0 Å². The Morgan fingerprint density at radius 2 is 2.03 bits per heavy atom. The fourth-order valence-electron chi connectivity index (χ4n) is 4.09. The van der Waals surface area contributed by atoms with Gasteiger partial charge in [0.25, 0.3) is 0 Å². The predicted octanol–water partition coefficient (Wildman–Crippen LogP) is 4.15. The summed E-state index contributed by atoms with van der Waals surface area (Å²) in [6, 6.07) is 7.83. The summed E-state index contributed by atoms with van der Waals surface area (Å²) in [5.74, 6) is 1.30. The van der Waals surface area contributed by atoms with E-state index in [-0.39, 0.29) is 0 Å². The highest BCUT2D eigenvalue weighted by molar-refractivity contribution is 6.33. The molecule has 0 bridgehead atoms. The third-order valence-electron chi connectivity index (χ3n) is 5.74. The summed E-state index contributed by atoms with van der Waals surface area (Å²) in [7, 11) is 0. The second-order valence-electron chi connectivity index (χ2n) is 7.71. The minimum Gasteiger partial charge on any atom is -0.296 e. The van der Waals surface area contributed by atoms with Gasteiger partial charge in [-0.25, -0.2) is 15.0 Å². The fourth-order valence-corrected chi connectivity index (χ4v) is 4.29. The number of rotatable bonds is 4. The molecule has 152 valence electrons. The molecule has 0 radical (unpaired) electrons. The van der Waals surface area contributed by atoms with E-state index in [1.807, 2.05) is 19.1 Å². The van der Waals surface area contributed by atoms with Gasteiger partial charge in [-0.15, -0.1) is 0 Å². The topological polar surface area (TPSA) is 83.5 Å². The molecule has 4 aromatic rings. The van der Waals surface area contributed by atoms with Crippen LogP contribution in [0.15, 0.2) is 42.9 Å². The number of likely N-dealkylation sites (tertiary alicyclic amines) is 1. The number of aromatic nitrogens is 6. The summed E-state index contributed by atoms with van der Waals surface area (Å²) < 4.78 is 0. The smallest absolute Gasteiger partial charge is 0.163 e. The number of piperidine rings is 1. The summed E-state index contributed by atoms with van der Waals surface area (Å²) in [5.41, 5.74) is 4.62. The first-order valence-corrected chi connectivity index (χ1v) is 10.5. The van der Waals surface area contributed by atoms with Crippen LogP contribution < -0.4 is 0 Å². The van der Waals surface area contributed by atoms with E-state index in [4.69, 9.17) is 16.6 Å². The molecule has 7 nitrogen and oxygen atoms in total. The Kier molecular flexibility index (Phi) is 5.14. The van der Waals surface area contributed by atoms with Crippen molar-refractivity contribution in [1.29, 1.82) is 0 Å². The van der Waals surface area contributed by atoms with Crippen molar-refractivity contribution in [2.45, 2.75) is 32.2 Å². The molecule has 0 atom stereocenters. The molecule has 1 N–H and O–H groups in total.